The van der Waals surface area contributed by atoms with Crippen molar-refractivity contribution >= 4 is 5.69 Å². The number of rotatable bonds is 4. The Balaban J connectivity index is 2.04. The van der Waals surface area contributed by atoms with Gasteiger partial charge in [0.15, 0.2) is 5.82 Å². The highest BCUT2D eigenvalue weighted by Crippen LogP contribution is 2.12. The number of halogens is 2. The summed E-state index contributed by atoms with van der Waals surface area (Å²) in [6.07, 6.45) is 4.68. The van der Waals surface area contributed by atoms with E-state index < -0.39 is 11.8 Å². The zero-order chi connectivity index (χ0) is 12.3. The van der Waals surface area contributed by atoms with Crippen LogP contribution in [-0.4, -0.2) is 14.8 Å². The SMILES string of the molecule is CCn1cc(NCc2ccnc(F)c2F)cn1. The smallest absolute Gasteiger partial charge is 0.249 e. The molecule has 1 N–H and O–H groups in total. The van der Waals surface area contributed by atoms with E-state index in [1.165, 1.54) is 12.3 Å². The Kier molecular flexibility index (Phi) is 3.32. The molecule has 0 aliphatic heterocycles. The van der Waals surface area contributed by atoms with Crippen LogP contribution in [-0.2, 0) is 13.1 Å². The fourth-order valence-corrected chi connectivity index (χ4v) is 1.42. The summed E-state index contributed by atoms with van der Waals surface area (Å²) in [5.74, 6) is -1.99. The first-order valence-corrected chi connectivity index (χ1v) is 5.26. The fourth-order valence-electron chi connectivity index (χ4n) is 1.42. The number of nitrogens with one attached hydrogen (secondary N) is 1. The van der Waals surface area contributed by atoms with Crippen LogP contribution in [0.1, 0.15) is 12.5 Å². The molecule has 0 unspecified atom stereocenters. The third-order valence-electron chi connectivity index (χ3n) is 2.37. The number of aromatic nitrogens is 3. The number of aryl methyl sites for hydroxylation is 1. The molecule has 0 saturated carbocycles. The Bertz CT molecular complexity index is 510. The van der Waals surface area contributed by atoms with Crippen molar-refractivity contribution in [2.75, 3.05) is 5.32 Å². The Labute approximate surface area is 97.3 Å². The number of hydrogen-bond acceptors (Lipinski definition) is 3. The van der Waals surface area contributed by atoms with Gasteiger partial charge in [0.25, 0.3) is 0 Å². The van der Waals surface area contributed by atoms with Crippen molar-refractivity contribution < 1.29 is 8.78 Å². The van der Waals surface area contributed by atoms with E-state index in [2.05, 4.69) is 15.4 Å². The monoisotopic (exact) mass is 238 g/mol. The normalized spacial score (nSPS) is 10.5. The topological polar surface area (TPSA) is 42.7 Å². The summed E-state index contributed by atoms with van der Waals surface area (Å²) in [5, 5.41) is 7.03. The van der Waals surface area contributed by atoms with Gasteiger partial charge in [0.1, 0.15) is 0 Å². The van der Waals surface area contributed by atoms with Gasteiger partial charge in [0.2, 0.25) is 5.95 Å². The van der Waals surface area contributed by atoms with Crippen molar-refractivity contribution in [2.24, 2.45) is 0 Å². The molecule has 2 aromatic rings. The van der Waals surface area contributed by atoms with Crippen LogP contribution >= 0.6 is 0 Å². The van der Waals surface area contributed by atoms with Gasteiger partial charge in [-0.15, -0.1) is 0 Å². The Morgan fingerprint density at radius 2 is 2.24 bits per heavy atom. The Morgan fingerprint density at radius 3 is 2.94 bits per heavy atom. The molecule has 0 aliphatic carbocycles. The van der Waals surface area contributed by atoms with Crippen molar-refractivity contribution in [2.45, 2.75) is 20.0 Å². The fraction of sp³-hybridized carbons (Fsp3) is 0.273. The maximum atomic E-state index is 13.3. The van der Waals surface area contributed by atoms with Crippen LogP contribution in [0.5, 0.6) is 0 Å². The number of nitrogens with zero attached hydrogens (tertiary/aromatic N) is 3. The summed E-state index contributed by atoms with van der Waals surface area (Å²) in [5.41, 5.74) is 1.00. The molecule has 2 heterocycles. The highest BCUT2D eigenvalue weighted by Gasteiger charge is 2.08. The summed E-state index contributed by atoms with van der Waals surface area (Å²) in [4.78, 5) is 3.23. The minimum atomic E-state index is -1.08. The van der Waals surface area contributed by atoms with Gasteiger partial charge in [-0.25, -0.2) is 9.37 Å². The molecule has 0 aromatic carbocycles. The second kappa shape index (κ2) is 4.90. The third-order valence-corrected chi connectivity index (χ3v) is 2.37. The number of hydrogen-bond donors (Lipinski definition) is 1. The van der Waals surface area contributed by atoms with E-state index in [-0.39, 0.29) is 12.1 Å². The van der Waals surface area contributed by atoms with E-state index in [1.54, 1.807) is 17.1 Å². The predicted octanol–water partition coefficient (Wildman–Crippen LogP) is 2.19. The Hall–Kier alpha value is -1.98. The van der Waals surface area contributed by atoms with Gasteiger partial charge in [-0.05, 0) is 13.0 Å². The second-order valence-corrected chi connectivity index (χ2v) is 3.51. The zero-order valence-electron chi connectivity index (χ0n) is 9.32. The van der Waals surface area contributed by atoms with Crippen LogP contribution in [0.3, 0.4) is 0 Å². The summed E-state index contributed by atoms with van der Waals surface area (Å²) >= 11 is 0. The average molecular weight is 238 g/mol. The van der Waals surface area contributed by atoms with Gasteiger partial charge >= 0.3 is 0 Å². The van der Waals surface area contributed by atoms with Gasteiger partial charge < -0.3 is 5.32 Å². The molecule has 2 rings (SSSR count). The summed E-state index contributed by atoms with van der Waals surface area (Å²) < 4.78 is 27.9. The van der Waals surface area contributed by atoms with Gasteiger partial charge in [0, 0.05) is 31.0 Å². The highest BCUT2D eigenvalue weighted by atomic mass is 19.2. The van der Waals surface area contributed by atoms with Gasteiger partial charge in [-0.2, -0.15) is 9.49 Å². The van der Waals surface area contributed by atoms with Crippen molar-refractivity contribution in [3.8, 4) is 0 Å². The molecule has 0 fully saturated rings. The molecule has 0 aliphatic rings. The first-order chi connectivity index (χ1) is 8.20. The van der Waals surface area contributed by atoms with Crippen LogP contribution in [0.25, 0.3) is 0 Å². The quantitative estimate of drug-likeness (QED) is 0.830. The van der Waals surface area contributed by atoms with E-state index in [1.807, 2.05) is 6.92 Å². The maximum absolute atomic E-state index is 13.3. The standard InChI is InChI=1S/C11H12F2N4/c1-2-17-7-9(6-16-17)15-5-8-3-4-14-11(13)10(8)12/h3-4,6-7,15H,2,5H2,1H3. The van der Waals surface area contributed by atoms with E-state index in [9.17, 15) is 8.78 Å². The third kappa shape index (κ3) is 2.58. The van der Waals surface area contributed by atoms with E-state index in [0.717, 1.165) is 12.2 Å². The molecule has 0 bridgehead atoms. The number of pyridine rings is 1. The molecule has 0 spiro atoms. The van der Waals surface area contributed by atoms with Crippen LogP contribution in [0.2, 0.25) is 0 Å². The minimum Gasteiger partial charge on any atom is -0.378 e. The van der Waals surface area contributed by atoms with E-state index in [0.29, 0.717) is 0 Å². The van der Waals surface area contributed by atoms with Crippen molar-refractivity contribution in [3.63, 3.8) is 0 Å². The van der Waals surface area contributed by atoms with Crippen LogP contribution in [0.4, 0.5) is 14.5 Å². The minimum absolute atomic E-state index is 0.195. The summed E-state index contributed by atoms with van der Waals surface area (Å²) in [6, 6.07) is 1.44. The first kappa shape index (κ1) is 11.5. The number of anilines is 1. The van der Waals surface area contributed by atoms with Crippen LogP contribution in [0, 0.1) is 11.8 Å². The lowest BCUT2D eigenvalue weighted by Gasteiger charge is -2.04. The van der Waals surface area contributed by atoms with Crippen molar-refractivity contribution in [1.29, 1.82) is 0 Å². The van der Waals surface area contributed by atoms with Gasteiger partial charge in [-0.3, -0.25) is 4.68 Å². The lowest BCUT2D eigenvalue weighted by molar-refractivity contribution is 0.472. The van der Waals surface area contributed by atoms with Gasteiger partial charge in [0.05, 0.1) is 11.9 Å². The lowest BCUT2D eigenvalue weighted by Crippen LogP contribution is -2.04. The molecule has 0 amide bonds. The molecular formula is C11H12F2N4. The molecule has 0 saturated heterocycles. The molecule has 4 nitrogen and oxygen atoms in total. The largest absolute Gasteiger partial charge is 0.378 e. The second-order valence-electron chi connectivity index (χ2n) is 3.51. The summed E-state index contributed by atoms with van der Waals surface area (Å²) in [7, 11) is 0. The van der Waals surface area contributed by atoms with Crippen molar-refractivity contribution in [3.05, 3.63) is 42.0 Å². The molecule has 0 atom stereocenters. The van der Waals surface area contributed by atoms with Crippen LogP contribution in [0.15, 0.2) is 24.7 Å². The lowest BCUT2D eigenvalue weighted by atomic mass is 10.2. The molecule has 2 aromatic heterocycles. The molecule has 90 valence electrons. The zero-order valence-corrected chi connectivity index (χ0v) is 9.32. The molecular weight excluding hydrogens is 226 g/mol. The highest BCUT2D eigenvalue weighted by molar-refractivity contribution is 5.39. The van der Waals surface area contributed by atoms with Crippen molar-refractivity contribution in [1.82, 2.24) is 14.8 Å². The van der Waals surface area contributed by atoms with Crippen LogP contribution < -0.4 is 5.32 Å². The van der Waals surface area contributed by atoms with Gasteiger partial charge in [-0.1, -0.05) is 0 Å². The average Bonchev–Trinajstić information content (AvgIpc) is 2.79. The summed E-state index contributed by atoms with van der Waals surface area (Å²) in [6.45, 7) is 2.93. The molecule has 17 heavy (non-hydrogen) atoms. The first-order valence-electron chi connectivity index (χ1n) is 5.26. The maximum Gasteiger partial charge on any atom is 0.249 e. The molecule has 6 heteroatoms. The molecule has 0 radical (unpaired) electrons. The Morgan fingerprint density at radius 1 is 1.41 bits per heavy atom. The van der Waals surface area contributed by atoms with E-state index in [4.69, 9.17) is 0 Å². The predicted molar refractivity (Wildman–Crippen MR) is 59.4 cm³/mol. The van der Waals surface area contributed by atoms with E-state index >= 15 is 0 Å².